The van der Waals surface area contributed by atoms with E-state index < -0.39 is 0 Å². The maximum Gasteiger partial charge on any atom is 0.0856 e. The fourth-order valence-electron chi connectivity index (χ4n) is 5.44. The number of unbranched alkanes of at least 4 members (excludes halogenated alkanes) is 14. The lowest BCUT2D eigenvalue weighted by Gasteiger charge is -2.42. The van der Waals surface area contributed by atoms with Crippen molar-refractivity contribution in [1.82, 2.24) is 4.90 Å². The molecule has 0 radical (unpaired) electrons. The Labute approximate surface area is 205 Å². The van der Waals surface area contributed by atoms with Crippen LogP contribution in [-0.4, -0.2) is 41.6 Å². The van der Waals surface area contributed by atoms with Gasteiger partial charge in [0.05, 0.1) is 12.9 Å². The number of hydrogen-bond acceptors (Lipinski definition) is 3. The zero-order valence-corrected chi connectivity index (χ0v) is 21.7. The van der Waals surface area contributed by atoms with Crippen molar-refractivity contribution in [1.29, 1.82) is 0 Å². The second-order valence-electron chi connectivity index (χ2n) is 10.3. The molecule has 3 heteroatoms. The first-order valence-electron chi connectivity index (χ1n) is 14.2. The van der Waals surface area contributed by atoms with Gasteiger partial charge in [-0.25, -0.2) is 0 Å². The Morgan fingerprint density at radius 3 is 1.79 bits per heavy atom. The molecular weight excluding hydrogens is 404 g/mol. The molecular formula is C30H52N2O. The predicted octanol–water partition coefficient (Wildman–Crippen LogP) is 7.96. The molecule has 0 saturated heterocycles. The second kappa shape index (κ2) is 18.0. The van der Waals surface area contributed by atoms with Gasteiger partial charge in [0.1, 0.15) is 0 Å². The fourth-order valence-corrected chi connectivity index (χ4v) is 5.44. The Morgan fingerprint density at radius 2 is 1.30 bits per heavy atom. The third kappa shape index (κ3) is 11.6. The molecule has 1 heterocycles. The summed E-state index contributed by atoms with van der Waals surface area (Å²) >= 11 is 0. The zero-order valence-electron chi connectivity index (χ0n) is 21.7. The standard InChI is InChI=1S/C30H52N2O/c1-2-3-4-5-6-7-8-9-10-11-12-13-14-15-19-22-30(23-26-33,32-25-24-31-28-32)27-29-20-17-16-18-21-29/h16-18,20-21,28,33H,2-15,19,22-27H2,1H3. The van der Waals surface area contributed by atoms with Gasteiger partial charge in [0.25, 0.3) is 0 Å². The Bertz CT molecular complexity index is 603. The van der Waals surface area contributed by atoms with Crippen LogP contribution in [0.15, 0.2) is 35.3 Å². The van der Waals surface area contributed by atoms with E-state index in [-0.39, 0.29) is 12.1 Å². The van der Waals surface area contributed by atoms with Crippen LogP contribution in [0.25, 0.3) is 0 Å². The summed E-state index contributed by atoms with van der Waals surface area (Å²) in [6, 6.07) is 10.8. The number of aliphatic imine (C=N–C) groups is 1. The van der Waals surface area contributed by atoms with Gasteiger partial charge in [0.2, 0.25) is 0 Å². The summed E-state index contributed by atoms with van der Waals surface area (Å²) in [5.41, 5.74) is 1.37. The van der Waals surface area contributed by atoms with Gasteiger partial charge in [0, 0.05) is 18.7 Å². The minimum atomic E-state index is 0.00659. The van der Waals surface area contributed by atoms with E-state index in [4.69, 9.17) is 0 Å². The van der Waals surface area contributed by atoms with Crippen molar-refractivity contribution in [3.8, 4) is 0 Å². The van der Waals surface area contributed by atoms with Crippen LogP contribution in [0.2, 0.25) is 0 Å². The van der Waals surface area contributed by atoms with Gasteiger partial charge >= 0.3 is 0 Å². The zero-order chi connectivity index (χ0) is 23.5. The number of nitrogens with zero attached hydrogens (tertiary/aromatic N) is 2. The third-order valence-corrected chi connectivity index (χ3v) is 7.50. The van der Waals surface area contributed by atoms with Gasteiger partial charge in [0.15, 0.2) is 0 Å². The molecule has 0 aromatic heterocycles. The summed E-state index contributed by atoms with van der Waals surface area (Å²) in [5, 5.41) is 9.89. The van der Waals surface area contributed by atoms with Crippen LogP contribution in [-0.2, 0) is 6.42 Å². The van der Waals surface area contributed by atoms with E-state index in [2.05, 4.69) is 47.1 Å². The molecule has 1 unspecified atom stereocenters. The van der Waals surface area contributed by atoms with Crippen LogP contribution in [0.1, 0.15) is 122 Å². The van der Waals surface area contributed by atoms with Crippen LogP contribution < -0.4 is 0 Å². The molecule has 2 rings (SSSR count). The molecule has 0 amide bonds. The van der Waals surface area contributed by atoms with Crippen molar-refractivity contribution < 1.29 is 5.11 Å². The highest BCUT2D eigenvalue weighted by Gasteiger charge is 2.35. The number of hydrogen-bond donors (Lipinski definition) is 1. The predicted molar refractivity (Wildman–Crippen MR) is 144 cm³/mol. The molecule has 1 atom stereocenters. The molecule has 0 fully saturated rings. The molecule has 1 aromatic carbocycles. The molecule has 0 bridgehead atoms. The van der Waals surface area contributed by atoms with Crippen molar-refractivity contribution in [2.75, 3.05) is 19.7 Å². The molecule has 33 heavy (non-hydrogen) atoms. The highest BCUT2D eigenvalue weighted by atomic mass is 16.3. The van der Waals surface area contributed by atoms with Gasteiger partial charge in [-0.3, -0.25) is 4.99 Å². The topological polar surface area (TPSA) is 35.8 Å². The van der Waals surface area contributed by atoms with Crippen molar-refractivity contribution in [3.63, 3.8) is 0 Å². The Hall–Kier alpha value is -1.35. The van der Waals surface area contributed by atoms with Gasteiger partial charge in [-0.05, 0) is 24.8 Å². The van der Waals surface area contributed by atoms with E-state index in [1.807, 2.05) is 6.34 Å². The third-order valence-electron chi connectivity index (χ3n) is 7.50. The summed E-state index contributed by atoms with van der Waals surface area (Å²) in [7, 11) is 0. The summed E-state index contributed by atoms with van der Waals surface area (Å²) in [5.74, 6) is 0. The van der Waals surface area contributed by atoms with Crippen LogP contribution in [0.3, 0.4) is 0 Å². The van der Waals surface area contributed by atoms with Crippen LogP contribution in [0, 0.1) is 0 Å². The van der Waals surface area contributed by atoms with Crippen molar-refractivity contribution >= 4 is 6.34 Å². The van der Waals surface area contributed by atoms with E-state index in [9.17, 15) is 5.11 Å². The van der Waals surface area contributed by atoms with Crippen molar-refractivity contribution in [2.24, 2.45) is 4.99 Å². The van der Waals surface area contributed by atoms with E-state index in [0.717, 1.165) is 32.4 Å². The Kier molecular flexibility index (Phi) is 15.2. The van der Waals surface area contributed by atoms with Crippen molar-refractivity contribution in [3.05, 3.63) is 35.9 Å². The smallest absolute Gasteiger partial charge is 0.0856 e. The van der Waals surface area contributed by atoms with Crippen molar-refractivity contribution in [2.45, 2.75) is 128 Å². The summed E-state index contributed by atoms with van der Waals surface area (Å²) in [6.07, 6.45) is 26.0. The molecule has 1 N–H and O–H groups in total. The van der Waals surface area contributed by atoms with Crippen LogP contribution in [0.5, 0.6) is 0 Å². The first-order chi connectivity index (χ1) is 16.3. The largest absolute Gasteiger partial charge is 0.396 e. The molecule has 0 spiro atoms. The minimum Gasteiger partial charge on any atom is -0.396 e. The lowest BCUT2D eigenvalue weighted by molar-refractivity contribution is 0.121. The van der Waals surface area contributed by atoms with Crippen LogP contribution in [0.4, 0.5) is 0 Å². The van der Waals surface area contributed by atoms with Gasteiger partial charge in [-0.2, -0.15) is 0 Å². The molecule has 3 nitrogen and oxygen atoms in total. The molecule has 1 aliphatic heterocycles. The normalized spacial score (nSPS) is 15.3. The summed E-state index contributed by atoms with van der Waals surface area (Å²) in [4.78, 5) is 6.93. The SMILES string of the molecule is CCCCCCCCCCCCCCCCCC(CCO)(Cc1ccccc1)N1C=NCC1. The van der Waals surface area contributed by atoms with Crippen LogP contribution >= 0.6 is 0 Å². The molecule has 1 aliphatic rings. The molecule has 1 aromatic rings. The Balaban J connectivity index is 1.59. The lowest BCUT2D eigenvalue weighted by atomic mass is 9.81. The summed E-state index contributed by atoms with van der Waals surface area (Å²) < 4.78 is 0. The maximum atomic E-state index is 9.89. The highest BCUT2D eigenvalue weighted by Crippen LogP contribution is 2.31. The first-order valence-corrected chi connectivity index (χ1v) is 14.2. The van der Waals surface area contributed by atoms with E-state index >= 15 is 0 Å². The number of benzene rings is 1. The molecule has 188 valence electrons. The van der Waals surface area contributed by atoms with Gasteiger partial charge < -0.3 is 10.0 Å². The average molecular weight is 457 g/mol. The van der Waals surface area contributed by atoms with E-state index in [1.54, 1.807) is 0 Å². The van der Waals surface area contributed by atoms with E-state index in [0.29, 0.717) is 0 Å². The highest BCUT2D eigenvalue weighted by molar-refractivity contribution is 5.58. The molecule has 0 saturated carbocycles. The molecule has 0 aliphatic carbocycles. The monoisotopic (exact) mass is 456 g/mol. The maximum absolute atomic E-state index is 9.89. The lowest BCUT2D eigenvalue weighted by Crippen LogP contribution is -2.49. The van der Waals surface area contributed by atoms with Gasteiger partial charge in [-0.15, -0.1) is 0 Å². The number of aliphatic hydroxyl groups excluding tert-OH is 1. The number of aliphatic hydroxyl groups is 1. The quantitative estimate of drug-likeness (QED) is 0.190. The number of rotatable bonds is 21. The average Bonchev–Trinajstić information content (AvgIpc) is 3.38. The first kappa shape index (κ1) is 27.9. The summed E-state index contributed by atoms with van der Waals surface area (Å²) in [6.45, 7) is 4.42. The Morgan fingerprint density at radius 1 is 0.758 bits per heavy atom. The van der Waals surface area contributed by atoms with E-state index in [1.165, 1.54) is 102 Å². The van der Waals surface area contributed by atoms with Gasteiger partial charge in [-0.1, -0.05) is 134 Å². The minimum absolute atomic E-state index is 0.00659. The fraction of sp³-hybridized carbons (Fsp3) is 0.767. The second-order valence-corrected chi connectivity index (χ2v) is 10.3.